The monoisotopic (exact) mass is 493 g/mol. The highest BCUT2D eigenvalue weighted by molar-refractivity contribution is 5.91. The normalized spacial score (nSPS) is 19.1. The van der Waals surface area contributed by atoms with E-state index in [-0.39, 0.29) is 23.9 Å². The maximum atomic E-state index is 13.6. The number of carbonyl (C=O) groups is 2. The van der Waals surface area contributed by atoms with Gasteiger partial charge in [-0.05, 0) is 25.7 Å². The number of aromatic amines is 1. The lowest BCUT2D eigenvalue weighted by Crippen LogP contribution is -2.62. The first-order valence-electron chi connectivity index (χ1n) is 12.7. The second-order valence-corrected chi connectivity index (χ2v) is 9.92. The molecule has 2 heterocycles. The second-order valence-electron chi connectivity index (χ2n) is 9.92. The lowest BCUT2D eigenvalue weighted by atomic mass is 9.79. The Morgan fingerprint density at radius 2 is 1.69 bits per heavy atom. The summed E-state index contributed by atoms with van der Waals surface area (Å²) in [4.78, 5) is 46.0. The molecule has 1 amide bonds. The number of carbonyl (C=O) groups excluding carboxylic acids is 1. The number of fused-ring (bicyclic) bond motifs is 1. The summed E-state index contributed by atoms with van der Waals surface area (Å²) in [6.45, 7) is -0.00718. The zero-order valence-electron chi connectivity index (χ0n) is 20.2. The minimum absolute atomic E-state index is 0.00718. The van der Waals surface area contributed by atoms with Crippen molar-refractivity contribution < 1.29 is 19.4 Å². The van der Waals surface area contributed by atoms with Crippen molar-refractivity contribution in [3.8, 4) is 11.4 Å². The molecular weight excluding hydrogens is 462 g/mol. The number of aliphatic carboxylic acids is 1. The van der Waals surface area contributed by atoms with Crippen LogP contribution in [0.25, 0.3) is 17.2 Å². The van der Waals surface area contributed by atoms with Gasteiger partial charge in [-0.2, -0.15) is 9.50 Å². The van der Waals surface area contributed by atoms with Crippen molar-refractivity contribution in [3.05, 3.63) is 52.4 Å². The zero-order chi connectivity index (χ0) is 25.2. The van der Waals surface area contributed by atoms with Crippen LogP contribution in [0.15, 0.2) is 41.2 Å². The number of carboxylic acids is 1. The van der Waals surface area contributed by atoms with Crippen LogP contribution in [-0.2, 0) is 20.9 Å². The Bertz CT molecular complexity index is 1300. The zero-order valence-corrected chi connectivity index (χ0v) is 20.2. The average molecular weight is 494 g/mol. The minimum atomic E-state index is -1.24. The minimum Gasteiger partial charge on any atom is -0.480 e. The molecule has 10 heteroatoms. The molecule has 2 saturated carbocycles. The number of amides is 1. The van der Waals surface area contributed by atoms with Gasteiger partial charge in [-0.1, -0.05) is 68.9 Å². The Morgan fingerprint density at radius 3 is 2.36 bits per heavy atom. The maximum absolute atomic E-state index is 13.6. The Labute approximate surface area is 208 Å². The summed E-state index contributed by atoms with van der Waals surface area (Å²) in [5.74, 6) is -0.646. The summed E-state index contributed by atoms with van der Waals surface area (Å²) in [7, 11) is 0. The van der Waals surface area contributed by atoms with Crippen molar-refractivity contribution in [2.45, 2.75) is 82.0 Å². The van der Waals surface area contributed by atoms with E-state index in [1.54, 1.807) is 0 Å². The van der Waals surface area contributed by atoms with E-state index < -0.39 is 17.1 Å². The van der Waals surface area contributed by atoms with Gasteiger partial charge < -0.3 is 20.1 Å². The van der Waals surface area contributed by atoms with Crippen LogP contribution in [0.2, 0.25) is 0 Å². The van der Waals surface area contributed by atoms with E-state index >= 15 is 0 Å². The van der Waals surface area contributed by atoms with Crippen molar-refractivity contribution in [1.82, 2.24) is 24.9 Å². The van der Waals surface area contributed by atoms with E-state index in [1.165, 1.54) is 10.6 Å². The highest BCUT2D eigenvalue weighted by Gasteiger charge is 2.47. The third-order valence-corrected chi connectivity index (χ3v) is 7.47. The third kappa shape index (κ3) is 4.65. The average Bonchev–Trinajstić information content (AvgIpc) is 3.34. The molecular formula is C26H31N5O5. The maximum Gasteiger partial charge on any atom is 0.329 e. The van der Waals surface area contributed by atoms with E-state index in [4.69, 9.17) is 4.74 Å². The molecule has 36 heavy (non-hydrogen) atoms. The number of nitrogens with zero attached hydrogens (tertiary/aromatic N) is 3. The van der Waals surface area contributed by atoms with Crippen molar-refractivity contribution in [2.24, 2.45) is 0 Å². The number of H-pyrrole nitrogens is 1. The van der Waals surface area contributed by atoms with Gasteiger partial charge in [-0.3, -0.25) is 9.59 Å². The number of hydrogen-bond donors (Lipinski definition) is 3. The summed E-state index contributed by atoms with van der Waals surface area (Å²) in [6.07, 6.45) is 6.98. The van der Waals surface area contributed by atoms with Gasteiger partial charge in [0.05, 0.1) is 6.61 Å². The van der Waals surface area contributed by atoms with Gasteiger partial charge in [0.2, 0.25) is 5.78 Å². The van der Waals surface area contributed by atoms with Crippen molar-refractivity contribution in [3.63, 3.8) is 0 Å². The van der Waals surface area contributed by atoms with Crippen LogP contribution in [0.5, 0.6) is 0 Å². The first-order valence-corrected chi connectivity index (χ1v) is 12.7. The number of hydrogen-bond acceptors (Lipinski definition) is 6. The molecule has 190 valence electrons. The molecule has 0 saturated heterocycles. The fraction of sp³-hybridized carbons (Fsp3) is 0.500. The molecule has 2 aromatic heterocycles. The van der Waals surface area contributed by atoms with Crippen LogP contribution in [0.1, 0.15) is 69.9 Å². The van der Waals surface area contributed by atoms with Crippen LogP contribution in [-0.4, -0.2) is 47.7 Å². The third-order valence-electron chi connectivity index (χ3n) is 7.47. The molecule has 0 bridgehead atoms. The van der Waals surface area contributed by atoms with E-state index in [0.29, 0.717) is 37.2 Å². The number of benzene rings is 1. The predicted molar refractivity (Wildman–Crippen MR) is 131 cm³/mol. The summed E-state index contributed by atoms with van der Waals surface area (Å²) >= 11 is 0. The van der Waals surface area contributed by atoms with Gasteiger partial charge in [-0.15, -0.1) is 5.10 Å². The van der Waals surface area contributed by atoms with Gasteiger partial charge in [0.15, 0.2) is 5.82 Å². The molecule has 2 fully saturated rings. The fourth-order valence-electron chi connectivity index (χ4n) is 5.38. The summed E-state index contributed by atoms with van der Waals surface area (Å²) in [5.41, 5.74) is -1.47. The van der Waals surface area contributed by atoms with Crippen LogP contribution >= 0.6 is 0 Å². The molecule has 0 atom stereocenters. The molecule has 3 N–H and O–H groups in total. The lowest BCUT2D eigenvalue weighted by molar-refractivity contribution is -0.162. The first kappa shape index (κ1) is 24.2. The number of ether oxygens (including phenoxy) is 1. The highest BCUT2D eigenvalue weighted by Crippen LogP contribution is 2.35. The SMILES string of the molecule is O=C(O)C1(NC(=O)C2(OCc3cc(=O)n4nc(-c5ccccc5)nc4[nH]3)CCCCC2)CCCCC1. The van der Waals surface area contributed by atoms with E-state index in [9.17, 15) is 19.5 Å². The van der Waals surface area contributed by atoms with Crippen molar-refractivity contribution in [1.29, 1.82) is 0 Å². The smallest absolute Gasteiger partial charge is 0.329 e. The topological polar surface area (TPSA) is 139 Å². The van der Waals surface area contributed by atoms with Gasteiger partial charge >= 0.3 is 5.97 Å². The van der Waals surface area contributed by atoms with Crippen LogP contribution < -0.4 is 10.9 Å². The molecule has 0 aliphatic heterocycles. The molecule has 2 aliphatic rings. The van der Waals surface area contributed by atoms with Crippen LogP contribution in [0, 0.1) is 0 Å². The molecule has 5 rings (SSSR count). The van der Waals surface area contributed by atoms with Gasteiger partial charge in [0.25, 0.3) is 11.5 Å². The predicted octanol–water partition coefficient (Wildman–Crippen LogP) is 3.21. The molecule has 2 aliphatic carbocycles. The standard InChI is InChI=1S/C26H31N5O5/c32-20-16-19(27-24-28-21(30-31(20)24)18-10-4-1-5-11-18)17-36-26(14-8-3-9-15-26)22(33)29-25(23(34)35)12-6-2-7-13-25/h1,4-5,10-11,16H,2-3,6-9,12-15,17H2,(H,29,33)(H,34,35)(H,27,28,30). The van der Waals surface area contributed by atoms with Gasteiger partial charge in [-0.25, -0.2) is 4.79 Å². The Balaban J connectivity index is 1.38. The molecule has 0 unspecified atom stereocenters. The van der Waals surface area contributed by atoms with E-state index in [2.05, 4.69) is 20.4 Å². The van der Waals surface area contributed by atoms with Crippen molar-refractivity contribution in [2.75, 3.05) is 0 Å². The van der Waals surface area contributed by atoms with Crippen LogP contribution in [0.3, 0.4) is 0 Å². The Hall–Kier alpha value is -3.53. The van der Waals surface area contributed by atoms with E-state index in [1.807, 2.05) is 30.3 Å². The summed E-state index contributed by atoms with van der Waals surface area (Å²) < 4.78 is 7.45. The number of aromatic nitrogens is 4. The van der Waals surface area contributed by atoms with E-state index in [0.717, 1.165) is 44.1 Å². The Morgan fingerprint density at radius 1 is 1.03 bits per heavy atom. The molecule has 3 aromatic rings. The molecule has 10 nitrogen and oxygen atoms in total. The fourth-order valence-corrected chi connectivity index (χ4v) is 5.38. The van der Waals surface area contributed by atoms with Crippen LogP contribution in [0.4, 0.5) is 0 Å². The highest BCUT2D eigenvalue weighted by atomic mass is 16.5. The Kier molecular flexibility index (Phi) is 6.61. The number of rotatable bonds is 7. The van der Waals surface area contributed by atoms with Gasteiger partial charge in [0.1, 0.15) is 11.1 Å². The molecule has 1 aromatic carbocycles. The second kappa shape index (κ2) is 9.85. The quantitative estimate of drug-likeness (QED) is 0.459. The molecule has 0 radical (unpaired) electrons. The number of carboxylic acid groups (broad SMARTS) is 1. The van der Waals surface area contributed by atoms with Gasteiger partial charge in [0, 0.05) is 17.3 Å². The van der Waals surface area contributed by atoms with Crippen molar-refractivity contribution >= 4 is 17.7 Å². The summed E-state index contributed by atoms with van der Waals surface area (Å²) in [5, 5.41) is 17.1. The molecule has 0 spiro atoms. The first-order chi connectivity index (χ1) is 17.4. The lowest BCUT2D eigenvalue weighted by Gasteiger charge is -2.40. The summed E-state index contributed by atoms with van der Waals surface area (Å²) in [6, 6.07) is 10.8. The number of nitrogens with one attached hydrogen (secondary N) is 2. The largest absolute Gasteiger partial charge is 0.480 e.